The van der Waals surface area contributed by atoms with E-state index in [1.165, 1.54) is 6.20 Å². The lowest BCUT2D eigenvalue weighted by Gasteiger charge is -1.91. The molecule has 0 bridgehead atoms. The molecule has 0 fully saturated rings. The van der Waals surface area contributed by atoms with Gasteiger partial charge in [-0.3, -0.25) is 0 Å². The lowest BCUT2D eigenvalue weighted by Crippen LogP contribution is -2.13. The van der Waals surface area contributed by atoms with Crippen LogP contribution in [0.5, 0.6) is 0 Å². The van der Waals surface area contributed by atoms with E-state index in [-0.39, 0.29) is 0 Å². The van der Waals surface area contributed by atoms with Crippen LogP contribution in [0.2, 0.25) is 0 Å². The number of aromatic amines is 1. The Morgan fingerprint density at radius 3 is 3.00 bits per heavy atom. The van der Waals surface area contributed by atoms with E-state index in [0.717, 1.165) is 0 Å². The van der Waals surface area contributed by atoms with Crippen molar-refractivity contribution in [1.82, 2.24) is 15.2 Å². The van der Waals surface area contributed by atoms with Crippen LogP contribution in [-0.2, 0) is 0 Å². The molecule has 5 nitrogen and oxygen atoms in total. The second-order valence-electron chi connectivity index (χ2n) is 1.42. The molecule has 1 heterocycles. The van der Waals surface area contributed by atoms with Gasteiger partial charge in [-0.1, -0.05) is 0 Å². The minimum Gasteiger partial charge on any atom is -0.372 e. The standard InChI is InChI=1S/C4H6N4O/c1-5-3-2-6-8-4(9)7-3/h2H,1H3,(H2,5,7,8,9). The molecule has 1 aromatic heterocycles. The summed E-state index contributed by atoms with van der Waals surface area (Å²) in [6.45, 7) is 0. The smallest absolute Gasteiger partial charge is 0.363 e. The molecule has 0 amide bonds. The molecular weight excluding hydrogens is 120 g/mol. The Morgan fingerprint density at radius 2 is 2.56 bits per heavy atom. The van der Waals surface area contributed by atoms with E-state index in [9.17, 15) is 4.79 Å². The van der Waals surface area contributed by atoms with E-state index in [1.54, 1.807) is 7.05 Å². The average molecular weight is 126 g/mol. The van der Waals surface area contributed by atoms with E-state index < -0.39 is 5.69 Å². The second kappa shape index (κ2) is 2.25. The van der Waals surface area contributed by atoms with Crippen molar-refractivity contribution < 1.29 is 0 Å². The molecule has 9 heavy (non-hydrogen) atoms. The van der Waals surface area contributed by atoms with Gasteiger partial charge in [0.1, 0.15) is 0 Å². The third-order valence-electron chi connectivity index (χ3n) is 0.825. The summed E-state index contributed by atoms with van der Waals surface area (Å²) in [7, 11) is 1.67. The van der Waals surface area contributed by atoms with Crippen LogP contribution in [0.3, 0.4) is 0 Å². The van der Waals surface area contributed by atoms with Crippen molar-refractivity contribution >= 4 is 5.82 Å². The SMILES string of the molecule is CNc1cn[nH]c(=O)n1. The molecule has 2 N–H and O–H groups in total. The second-order valence-corrected chi connectivity index (χ2v) is 1.42. The number of hydrogen-bond acceptors (Lipinski definition) is 4. The molecule has 0 unspecified atom stereocenters. The number of nitrogens with one attached hydrogen (secondary N) is 2. The highest BCUT2D eigenvalue weighted by Gasteiger charge is 1.87. The summed E-state index contributed by atoms with van der Waals surface area (Å²) >= 11 is 0. The van der Waals surface area contributed by atoms with Gasteiger partial charge < -0.3 is 5.32 Å². The lowest BCUT2D eigenvalue weighted by atomic mass is 10.7. The maximum absolute atomic E-state index is 10.4. The molecular formula is C4H6N4O. The maximum atomic E-state index is 10.4. The first-order valence-electron chi connectivity index (χ1n) is 2.42. The third-order valence-corrected chi connectivity index (χ3v) is 0.825. The van der Waals surface area contributed by atoms with Crippen LogP contribution in [0.15, 0.2) is 11.0 Å². The van der Waals surface area contributed by atoms with Crippen molar-refractivity contribution in [3.63, 3.8) is 0 Å². The van der Waals surface area contributed by atoms with Gasteiger partial charge in [0.05, 0.1) is 6.20 Å². The van der Waals surface area contributed by atoms with Gasteiger partial charge in [0, 0.05) is 7.05 Å². The van der Waals surface area contributed by atoms with Gasteiger partial charge >= 0.3 is 5.69 Å². The zero-order chi connectivity index (χ0) is 6.69. The highest BCUT2D eigenvalue weighted by Crippen LogP contribution is 1.87. The van der Waals surface area contributed by atoms with E-state index in [1.807, 2.05) is 0 Å². The molecule has 0 radical (unpaired) electrons. The Labute approximate surface area is 51.1 Å². The van der Waals surface area contributed by atoms with Gasteiger partial charge in [-0.2, -0.15) is 10.1 Å². The summed E-state index contributed by atoms with van der Waals surface area (Å²) in [5, 5.41) is 8.32. The molecule has 48 valence electrons. The predicted molar refractivity (Wildman–Crippen MR) is 32.2 cm³/mol. The van der Waals surface area contributed by atoms with Crippen LogP contribution in [0.4, 0.5) is 5.82 Å². The number of anilines is 1. The Balaban J connectivity index is 3.08. The molecule has 0 aliphatic carbocycles. The van der Waals surface area contributed by atoms with Crippen LogP contribution in [0, 0.1) is 0 Å². The van der Waals surface area contributed by atoms with Gasteiger partial charge in [-0.05, 0) is 0 Å². The van der Waals surface area contributed by atoms with Crippen molar-refractivity contribution in [2.75, 3.05) is 12.4 Å². The average Bonchev–Trinajstić information content (AvgIpc) is 1.88. The minimum absolute atomic E-state index is 0.443. The Morgan fingerprint density at radius 1 is 1.78 bits per heavy atom. The molecule has 0 aromatic carbocycles. The molecule has 0 aliphatic rings. The zero-order valence-electron chi connectivity index (χ0n) is 4.88. The molecule has 1 rings (SSSR count). The number of rotatable bonds is 1. The van der Waals surface area contributed by atoms with E-state index in [2.05, 4.69) is 20.5 Å². The van der Waals surface area contributed by atoms with Crippen molar-refractivity contribution in [1.29, 1.82) is 0 Å². The minimum atomic E-state index is -0.443. The first-order valence-corrected chi connectivity index (χ1v) is 2.42. The number of H-pyrrole nitrogens is 1. The summed E-state index contributed by atoms with van der Waals surface area (Å²) < 4.78 is 0. The topological polar surface area (TPSA) is 70.7 Å². The summed E-state index contributed by atoms with van der Waals surface area (Å²) in [5.74, 6) is 0.471. The number of hydrogen-bond donors (Lipinski definition) is 2. The van der Waals surface area contributed by atoms with E-state index in [0.29, 0.717) is 5.82 Å². The molecule has 1 aromatic rings. The molecule has 0 aliphatic heterocycles. The Kier molecular flexibility index (Phi) is 1.44. The normalized spacial score (nSPS) is 9.00. The van der Waals surface area contributed by atoms with Gasteiger partial charge in [0.25, 0.3) is 0 Å². The number of nitrogens with zero attached hydrogens (tertiary/aromatic N) is 2. The highest BCUT2D eigenvalue weighted by molar-refractivity contribution is 5.26. The van der Waals surface area contributed by atoms with Gasteiger partial charge in [-0.25, -0.2) is 9.89 Å². The van der Waals surface area contributed by atoms with Crippen LogP contribution >= 0.6 is 0 Å². The van der Waals surface area contributed by atoms with Crippen molar-refractivity contribution in [2.45, 2.75) is 0 Å². The van der Waals surface area contributed by atoms with Gasteiger partial charge in [0.2, 0.25) is 0 Å². The molecule has 0 saturated carbocycles. The van der Waals surface area contributed by atoms with Crippen LogP contribution in [0.1, 0.15) is 0 Å². The van der Waals surface area contributed by atoms with E-state index >= 15 is 0 Å². The van der Waals surface area contributed by atoms with Gasteiger partial charge in [0.15, 0.2) is 5.82 Å². The first kappa shape index (κ1) is 5.74. The predicted octanol–water partition coefficient (Wildman–Crippen LogP) is -0.793. The largest absolute Gasteiger partial charge is 0.372 e. The summed E-state index contributed by atoms with van der Waals surface area (Å²) in [6.07, 6.45) is 1.43. The monoisotopic (exact) mass is 126 g/mol. The van der Waals surface area contributed by atoms with Crippen LogP contribution in [0.25, 0.3) is 0 Å². The highest BCUT2D eigenvalue weighted by atomic mass is 16.1. The fourth-order valence-corrected chi connectivity index (χ4v) is 0.432. The summed E-state index contributed by atoms with van der Waals surface area (Å²) in [4.78, 5) is 13.9. The van der Waals surface area contributed by atoms with E-state index in [4.69, 9.17) is 0 Å². The number of aromatic nitrogens is 3. The Hall–Kier alpha value is -1.39. The third kappa shape index (κ3) is 1.25. The van der Waals surface area contributed by atoms with Crippen molar-refractivity contribution in [3.05, 3.63) is 16.7 Å². The molecule has 0 saturated heterocycles. The summed E-state index contributed by atoms with van der Waals surface area (Å²) in [6, 6.07) is 0. The summed E-state index contributed by atoms with van der Waals surface area (Å²) in [5.41, 5.74) is -0.443. The lowest BCUT2D eigenvalue weighted by molar-refractivity contribution is 0.916. The molecule has 0 spiro atoms. The quantitative estimate of drug-likeness (QED) is 0.517. The van der Waals surface area contributed by atoms with Crippen molar-refractivity contribution in [2.24, 2.45) is 0 Å². The Bertz CT molecular complexity index is 242. The zero-order valence-corrected chi connectivity index (χ0v) is 4.88. The molecule has 0 atom stereocenters. The van der Waals surface area contributed by atoms with Crippen LogP contribution in [-0.4, -0.2) is 22.2 Å². The first-order chi connectivity index (χ1) is 4.33. The van der Waals surface area contributed by atoms with Gasteiger partial charge in [-0.15, -0.1) is 0 Å². The maximum Gasteiger partial charge on any atom is 0.363 e. The van der Waals surface area contributed by atoms with Crippen LogP contribution < -0.4 is 11.0 Å². The van der Waals surface area contributed by atoms with Crippen molar-refractivity contribution in [3.8, 4) is 0 Å². The fraction of sp³-hybridized carbons (Fsp3) is 0.250. The molecule has 5 heteroatoms. The fourth-order valence-electron chi connectivity index (χ4n) is 0.432.